The van der Waals surface area contributed by atoms with Crippen LogP contribution in [0.4, 0.5) is 11.4 Å². The molecule has 2 saturated carbocycles. The molecule has 0 aliphatic heterocycles. The van der Waals surface area contributed by atoms with Gasteiger partial charge in [-0.15, -0.1) is 0 Å². The Morgan fingerprint density at radius 1 is 0.784 bits per heavy atom. The Labute approximate surface area is 224 Å². The smallest absolute Gasteiger partial charge is 0.255 e. The van der Waals surface area contributed by atoms with E-state index in [4.69, 9.17) is 0 Å². The molecule has 0 spiro atoms. The summed E-state index contributed by atoms with van der Waals surface area (Å²) in [5, 5.41) is 6.05. The second-order valence-electron chi connectivity index (χ2n) is 11.9. The normalized spacial score (nSPS) is 24.8. The van der Waals surface area contributed by atoms with E-state index in [1.54, 1.807) is 12.1 Å². The van der Waals surface area contributed by atoms with Crippen LogP contribution in [0.2, 0.25) is 0 Å². The van der Waals surface area contributed by atoms with Gasteiger partial charge in [0.2, 0.25) is 5.91 Å². The minimum atomic E-state index is -0.145. The van der Waals surface area contributed by atoms with Crippen molar-refractivity contribution in [2.45, 2.75) is 91.9 Å². The summed E-state index contributed by atoms with van der Waals surface area (Å²) in [5.74, 6) is 3.58. The first-order chi connectivity index (χ1) is 17.8. The lowest BCUT2D eigenvalue weighted by atomic mass is 9.67. The lowest BCUT2D eigenvalue weighted by Gasteiger charge is -2.39. The number of hydrogen-bond donors (Lipinski definition) is 2. The highest BCUT2D eigenvalue weighted by molar-refractivity contribution is 6.04. The zero-order valence-corrected chi connectivity index (χ0v) is 23.3. The molecule has 2 aromatic carbocycles. The summed E-state index contributed by atoms with van der Waals surface area (Å²) in [6.07, 6.45) is 12.7. The van der Waals surface area contributed by atoms with Crippen LogP contribution in [0.15, 0.2) is 42.5 Å². The fourth-order valence-electron chi connectivity index (χ4n) is 6.70. The highest BCUT2D eigenvalue weighted by Crippen LogP contribution is 2.43. The molecule has 0 heterocycles. The predicted octanol–water partition coefficient (Wildman–Crippen LogP) is 8.54. The fraction of sp³-hybridized carbons (Fsp3) is 0.576. The molecule has 0 bridgehead atoms. The van der Waals surface area contributed by atoms with Crippen LogP contribution in [0, 0.1) is 43.4 Å². The van der Waals surface area contributed by atoms with Crippen molar-refractivity contribution in [2.75, 3.05) is 10.6 Å². The number of nitrogens with one attached hydrogen (secondary N) is 2. The molecule has 2 amide bonds. The van der Waals surface area contributed by atoms with Gasteiger partial charge in [0.1, 0.15) is 0 Å². The van der Waals surface area contributed by atoms with Gasteiger partial charge in [0, 0.05) is 22.9 Å². The van der Waals surface area contributed by atoms with Crippen molar-refractivity contribution < 1.29 is 9.59 Å². The lowest BCUT2D eigenvalue weighted by molar-refractivity contribution is -0.121. The van der Waals surface area contributed by atoms with Crippen LogP contribution in [0.5, 0.6) is 0 Å². The number of rotatable bonds is 8. The van der Waals surface area contributed by atoms with Crippen molar-refractivity contribution in [3.05, 3.63) is 59.2 Å². The maximum atomic E-state index is 13.0. The zero-order chi connectivity index (χ0) is 26.4. The van der Waals surface area contributed by atoms with Crippen LogP contribution in [-0.4, -0.2) is 11.8 Å². The molecule has 1 atom stereocenters. The predicted molar refractivity (Wildman–Crippen MR) is 154 cm³/mol. The third-order valence-electron chi connectivity index (χ3n) is 9.35. The van der Waals surface area contributed by atoms with Gasteiger partial charge in [0.25, 0.3) is 5.91 Å². The quantitative estimate of drug-likeness (QED) is 0.380. The first-order valence-electron chi connectivity index (χ1n) is 14.6. The van der Waals surface area contributed by atoms with Gasteiger partial charge < -0.3 is 10.6 Å². The van der Waals surface area contributed by atoms with Crippen molar-refractivity contribution in [1.29, 1.82) is 0 Å². The van der Waals surface area contributed by atoms with Gasteiger partial charge in [-0.25, -0.2) is 0 Å². The third kappa shape index (κ3) is 7.24. The van der Waals surface area contributed by atoms with Crippen LogP contribution in [0.25, 0.3) is 0 Å². The molecule has 4 rings (SSSR count). The molecule has 2 aromatic rings. The van der Waals surface area contributed by atoms with Crippen LogP contribution >= 0.6 is 0 Å². The number of hydrogen-bond acceptors (Lipinski definition) is 2. The monoisotopic (exact) mass is 502 g/mol. The number of amides is 2. The molecule has 0 radical (unpaired) electrons. The molecule has 4 nitrogen and oxygen atoms in total. The zero-order valence-electron chi connectivity index (χ0n) is 23.3. The average molecular weight is 503 g/mol. The van der Waals surface area contributed by atoms with Gasteiger partial charge in [-0.1, -0.05) is 32.8 Å². The van der Waals surface area contributed by atoms with Gasteiger partial charge >= 0.3 is 0 Å². The summed E-state index contributed by atoms with van der Waals surface area (Å²) < 4.78 is 0. The summed E-state index contributed by atoms with van der Waals surface area (Å²) in [6, 6.07) is 13.1. The molecule has 200 valence electrons. The van der Waals surface area contributed by atoms with Crippen molar-refractivity contribution in [2.24, 2.45) is 29.6 Å². The average Bonchev–Trinajstić information content (AvgIpc) is 2.91. The molecular weight excluding hydrogens is 456 g/mol. The van der Waals surface area contributed by atoms with E-state index in [0.29, 0.717) is 5.56 Å². The minimum Gasteiger partial charge on any atom is -0.326 e. The van der Waals surface area contributed by atoms with Crippen molar-refractivity contribution in [3.63, 3.8) is 0 Å². The largest absolute Gasteiger partial charge is 0.326 e. The Morgan fingerprint density at radius 3 is 1.97 bits per heavy atom. The number of anilines is 2. The Kier molecular flexibility index (Phi) is 9.45. The van der Waals surface area contributed by atoms with E-state index in [0.717, 1.165) is 53.5 Å². The van der Waals surface area contributed by atoms with E-state index in [2.05, 4.69) is 31.4 Å². The molecule has 2 aliphatic carbocycles. The van der Waals surface area contributed by atoms with E-state index in [1.807, 2.05) is 37.3 Å². The lowest BCUT2D eigenvalue weighted by Crippen LogP contribution is -2.31. The van der Waals surface area contributed by atoms with Gasteiger partial charge in [-0.2, -0.15) is 0 Å². The minimum absolute atomic E-state index is 0.102. The second kappa shape index (κ2) is 12.8. The van der Waals surface area contributed by atoms with E-state index in [1.165, 1.54) is 56.9 Å². The number of aryl methyl sites for hydroxylation is 2. The first-order valence-corrected chi connectivity index (χ1v) is 14.6. The van der Waals surface area contributed by atoms with E-state index >= 15 is 0 Å². The second-order valence-corrected chi connectivity index (χ2v) is 11.9. The molecule has 2 fully saturated rings. The van der Waals surface area contributed by atoms with Gasteiger partial charge in [-0.05, 0) is 136 Å². The van der Waals surface area contributed by atoms with E-state index < -0.39 is 0 Å². The summed E-state index contributed by atoms with van der Waals surface area (Å²) in [7, 11) is 0. The molecule has 1 unspecified atom stereocenters. The van der Waals surface area contributed by atoms with Crippen LogP contribution in [-0.2, 0) is 4.79 Å². The summed E-state index contributed by atoms with van der Waals surface area (Å²) in [4.78, 5) is 25.6. The molecule has 2 N–H and O–H groups in total. The van der Waals surface area contributed by atoms with Crippen LogP contribution in [0.1, 0.15) is 99.5 Å². The standard InChI is InChI=1S/C33H46N2O2/c1-5-6-23(3)25-8-10-26(11-9-25)27-12-14-28(15-13-27)32(36)34-30-19-16-29(17-20-30)33(37)35-31-18-7-22(2)24(4)21-31/h7,16-21,23,25-28H,5-6,8-15H2,1-4H3,(H,34,36)(H,35,37). The van der Waals surface area contributed by atoms with E-state index in [9.17, 15) is 9.59 Å². The third-order valence-corrected chi connectivity index (χ3v) is 9.35. The maximum absolute atomic E-state index is 13.0. The van der Waals surface area contributed by atoms with Crippen LogP contribution in [0.3, 0.4) is 0 Å². The van der Waals surface area contributed by atoms with Gasteiger partial charge in [0.05, 0.1) is 0 Å². The maximum Gasteiger partial charge on any atom is 0.255 e. The Balaban J connectivity index is 1.21. The molecule has 37 heavy (non-hydrogen) atoms. The number of carbonyl (C=O) groups excluding carboxylic acids is 2. The Hall–Kier alpha value is -2.62. The molecule has 2 aliphatic rings. The Bertz CT molecular complexity index is 1040. The van der Waals surface area contributed by atoms with Gasteiger partial charge in [0.15, 0.2) is 0 Å². The number of benzene rings is 2. The topological polar surface area (TPSA) is 58.2 Å². The first kappa shape index (κ1) is 27.4. The summed E-state index contributed by atoms with van der Waals surface area (Å²) in [5.41, 5.74) is 4.48. The SMILES string of the molecule is CCCC(C)C1CCC(C2CCC(C(=O)Nc3ccc(C(=O)Nc4ccc(C)c(C)c4)cc3)CC2)CC1. The van der Waals surface area contributed by atoms with Crippen LogP contribution < -0.4 is 10.6 Å². The number of carbonyl (C=O) groups is 2. The molecule has 4 heteroatoms. The highest BCUT2D eigenvalue weighted by Gasteiger charge is 2.33. The summed E-state index contributed by atoms with van der Waals surface area (Å²) in [6.45, 7) is 8.85. The fourth-order valence-corrected chi connectivity index (χ4v) is 6.70. The van der Waals surface area contributed by atoms with Crippen molar-refractivity contribution >= 4 is 23.2 Å². The highest BCUT2D eigenvalue weighted by atomic mass is 16.2. The van der Waals surface area contributed by atoms with Crippen molar-refractivity contribution in [1.82, 2.24) is 0 Å². The summed E-state index contributed by atoms with van der Waals surface area (Å²) >= 11 is 0. The molecular formula is C33H46N2O2. The van der Waals surface area contributed by atoms with Gasteiger partial charge in [-0.3, -0.25) is 9.59 Å². The van der Waals surface area contributed by atoms with E-state index in [-0.39, 0.29) is 17.7 Å². The molecule has 0 aromatic heterocycles. The van der Waals surface area contributed by atoms with Crippen molar-refractivity contribution in [3.8, 4) is 0 Å². The molecule has 0 saturated heterocycles. The Morgan fingerprint density at radius 2 is 1.38 bits per heavy atom.